The maximum Gasteiger partial charge on any atom is 0.224 e. The number of amides is 1. The third kappa shape index (κ3) is 2.85. The molecule has 0 atom stereocenters. The third-order valence-electron chi connectivity index (χ3n) is 2.61. The highest BCUT2D eigenvalue weighted by Gasteiger charge is 2.09. The van der Waals surface area contributed by atoms with E-state index in [0.717, 1.165) is 34.0 Å². The highest BCUT2D eigenvalue weighted by Crippen LogP contribution is 2.29. The molecule has 2 rings (SSSR count). The molecular formula is C13H14BrN3O. The van der Waals surface area contributed by atoms with Gasteiger partial charge in [0.2, 0.25) is 5.91 Å². The van der Waals surface area contributed by atoms with Crippen LogP contribution in [0.3, 0.4) is 0 Å². The van der Waals surface area contributed by atoms with Crippen molar-refractivity contribution in [3.8, 4) is 0 Å². The average molecular weight is 308 g/mol. The van der Waals surface area contributed by atoms with Gasteiger partial charge >= 0.3 is 0 Å². The van der Waals surface area contributed by atoms with Crippen LogP contribution in [-0.4, -0.2) is 15.9 Å². The van der Waals surface area contributed by atoms with Crippen LogP contribution in [0.4, 0.5) is 5.69 Å². The Bertz CT molecular complexity index is 571. The number of nitrogens with zero attached hydrogens (tertiary/aromatic N) is 2. The van der Waals surface area contributed by atoms with Crippen molar-refractivity contribution in [3.05, 3.63) is 29.0 Å². The van der Waals surface area contributed by atoms with Crippen LogP contribution >= 0.6 is 15.9 Å². The first-order valence-electron chi connectivity index (χ1n) is 5.91. The molecule has 0 saturated carbocycles. The normalized spacial score (nSPS) is 10.6. The van der Waals surface area contributed by atoms with Crippen molar-refractivity contribution in [3.63, 3.8) is 0 Å². The molecule has 0 aliphatic carbocycles. The van der Waals surface area contributed by atoms with Crippen molar-refractivity contribution in [2.75, 3.05) is 5.32 Å². The highest BCUT2D eigenvalue weighted by molar-refractivity contribution is 9.10. The van der Waals surface area contributed by atoms with Gasteiger partial charge in [-0.1, -0.05) is 13.3 Å². The lowest BCUT2D eigenvalue weighted by Crippen LogP contribution is -2.11. The number of aromatic nitrogens is 2. The van der Waals surface area contributed by atoms with E-state index in [4.69, 9.17) is 0 Å². The van der Waals surface area contributed by atoms with E-state index in [1.165, 1.54) is 0 Å². The van der Waals surface area contributed by atoms with Crippen LogP contribution in [0.25, 0.3) is 11.0 Å². The predicted octanol–water partition coefficient (Wildman–Crippen LogP) is 3.52. The fourth-order valence-corrected chi connectivity index (χ4v) is 2.19. The maximum atomic E-state index is 11.7. The minimum absolute atomic E-state index is 0.0285. The zero-order chi connectivity index (χ0) is 13.0. The monoisotopic (exact) mass is 307 g/mol. The summed E-state index contributed by atoms with van der Waals surface area (Å²) in [6.07, 6.45) is 5.74. The van der Waals surface area contributed by atoms with Crippen LogP contribution in [0.15, 0.2) is 29.0 Å². The van der Waals surface area contributed by atoms with Gasteiger partial charge in [-0.25, -0.2) is 0 Å². The van der Waals surface area contributed by atoms with Crippen molar-refractivity contribution in [1.82, 2.24) is 9.97 Å². The number of halogens is 1. The average Bonchev–Trinajstić information content (AvgIpc) is 2.40. The van der Waals surface area contributed by atoms with Crippen LogP contribution in [0.2, 0.25) is 0 Å². The van der Waals surface area contributed by atoms with Crippen LogP contribution in [0.5, 0.6) is 0 Å². The SMILES string of the molecule is CCCCC(=O)Nc1ccc2nccnc2c1Br. The number of rotatable bonds is 4. The summed E-state index contributed by atoms with van der Waals surface area (Å²) in [5, 5.41) is 2.88. The topological polar surface area (TPSA) is 54.9 Å². The number of carbonyl (C=O) groups is 1. The first-order valence-corrected chi connectivity index (χ1v) is 6.70. The second-order valence-corrected chi connectivity index (χ2v) is 4.80. The molecule has 0 bridgehead atoms. The van der Waals surface area contributed by atoms with E-state index in [1.54, 1.807) is 12.4 Å². The molecule has 0 spiro atoms. The first kappa shape index (κ1) is 13.0. The van der Waals surface area contributed by atoms with E-state index in [9.17, 15) is 4.79 Å². The number of anilines is 1. The van der Waals surface area contributed by atoms with Gasteiger partial charge in [0.15, 0.2) is 0 Å². The Morgan fingerprint density at radius 2 is 2.11 bits per heavy atom. The second kappa shape index (κ2) is 5.91. The van der Waals surface area contributed by atoms with Gasteiger partial charge < -0.3 is 5.32 Å². The fraction of sp³-hybridized carbons (Fsp3) is 0.308. The summed E-state index contributed by atoms with van der Waals surface area (Å²) in [5.74, 6) is 0.0285. The number of hydrogen-bond acceptors (Lipinski definition) is 3. The van der Waals surface area contributed by atoms with Crippen molar-refractivity contribution < 1.29 is 4.79 Å². The van der Waals surface area contributed by atoms with E-state index < -0.39 is 0 Å². The van der Waals surface area contributed by atoms with Crippen molar-refractivity contribution >= 4 is 38.6 Å². The molecule has 0 aliphatic rings. The molecule has 0 saturated heterocycles. The summed E-state index contributed by atoms with van der Waals surface area (Å²) in [7, 11) is 0. The van der Waals surface area contributed by atoms with E-state index >= 15 is 0 Å². The predicted molar refractivity (Wildman–Crippen MR) is 75.4 cm³/mol. The minimum atomic E-state index is 0.0285. The van der Waals surface area contributed by atoms with Crippen LogP contribution in [-0.2, 0) is 4.79 Å². The molecular weight excluding hydrogens is 294 g/mol. The van der Waals surface area contributed by atoms with Gasteiger partial charge in [0.1, 0.15) is 5.52 Å². The molecule has 5 heteroatoms. The van der Waals surface area contributed by atoms with Crippen LogP contribution in [0.1, 0.15) is 26.2 Å². The largest absolute Gasteiger partial charge is 0.325 e. The van der Waals surface area contributed by atoms with Crippen molar-refractivity contribution in [1.29, 1.82) is 0 Å². The zero-order valence-electron chi connectivity index (χ0n) is 10.1. The third-order valence-corrected chi connectivity index (χ3v) is 3.41. The van der Waals surface area contributed by atoms with Gasteiger partial charge in [0, 0.05) is 18.8 Å². The Kier molecular flexibility index (Phi) is 4.25. The second-order valence-electron chi connectivity index (χ2n) is 4.00. The van der Waals surface area contributed by atoms with E-state index in [2.05, 4.69) is 38.1 Å². The van der Waals surface area contributed by atoms with Gasteiger partial charge in [-0.15, -0.1) is 0 Å². The lowest BCUT2D eigenvalue weighted by Gasteiger charge is -2.08. The molecule has 94 valence electrons. The van der Waals surface area contributed by atoms with Gasteiger partial charge in [-0.2, -0.15) is 0 Å². The number of nitrogens with one attached hydrogen (secondary N) is 1. The summed E-state index contributed by atoms with van der Waals surface area (Å²) in [6.45, 7) is 2.06. The summed E-state index contributed by atoms with van der Waals surface area (Å²) in [5.41, 5.74) is 2.30. The zero-order valence-corrected chi connectivity index (χ0v) is 11.7. The molecule has 1 aromatic carbocycles. The van der Waals surface area contributed by atoms with Gasteiger partial charge in [0.25, 0.3) is 0 Å². The van der Waals surface area contributed by atoms with Crippen LogP contribution < -0.4 is 5.32 Å². The number of hydrogen-bond donors (Lipinski definition) is 1. The summed E-state index contributed by atoms with van der Waals surface area (Å²) in [4.78, 5) is 20.1. The Morgan fingerprint density at radius 3 is 2.89 bits per heavy atom. The Balaban J connectivity index is 2.24. The smallest absolute Gasteiger partial charge is 0.224 e. The van der Waals surface area contributed by atoms with Crippen molar-refractivity contribution in [2.24, 2.45) is 0 Å². The molecule has 4 nitrogen and oxygen atoms in total. The summed E-state index contributed by atoms with van der Waals surface area (Å²) in [6, 6.07) is 3.69. The standard InChI is InChI=1S/C13H14BrN3O/c1-2-3-4-11(18)17-9-5-6-10-13(12(9)14)16-8-7-15-10/h5-8H,2-4H2,1H3,(H,17,18). The van der Waals surface area contributed by atoms with Crippen LogP contribution in [0, 0.1) is 0 Å². The Hall–Kier alpha value is -1.49. The Morgan fingerprint density at radius 1 is 1.33 bits per heavy atom. The molecule has 18 heavy (non-hydrogen) atoms. The molecule has 1 heterocycles. The molecule has 0 radical (unpaired) electrons. The summed E-state index contributed by atoms with van der Waals surface area (Å²) < 4.78 is 0.776. The van der Waals surface area contributed by atoms with E-state index in [0.29, 0.717) is 6.42 Å². The molecule has 0 unspecified atom stereocenters. The van der Waals surface area contributed by atoms with E-state index in [-0.39, 0.29) is 5.91 Å². The number of unbranched alkanes of at least 4 members (excludes halogenated alkanes) is 1. The molecule has 0 fully saturated rings. The Labute approximate surface area is 114 Å². The molecule has 0 aliphatic heterocycles. The highest BCUT2D eigenvalue weighted by atomic mass is 79.9. The van der Waals surface area contributed by atoms with E-state index in [1.807, 2.05) is 12.1 Å². The molecule has 2 aromatic rings. The van der Waals surface area contributed by atoms with Crippen molar-refractivity contribution in [2.45, 2.75) is 26.2 Å². The van der Waals surface area contributed by atoms with Gasteiger partial charge in [-0.05, 0) is 34.5 Å². The molecule has 1 aromatic heterocycles. The number of fused-ring (bicyclic) bond motifs is 1. The lowest BCUT2D eigenvalue weighted by molar-refractivity contribution is -0.116. The molecule has 1 amide bonds. The number of carbonyl (C=O) groups excluding carboxylic acids is 1. The first-order chi connectivity index (χ1) is 8.72. The lowest BCUT2D eigenvalue weighted by atomic mass is 10.2. The maximum absolute atomic E-state index is 11.7. The number of benzene rings is 1. The fourth-order valence-electron chi connectivity index (χ4n) is 1.65. The quantitative estimate of drug-likeness (QED) is 0.940. The minimum Gasteiger partial charge on any atom is -0.325 e. The summed E-state index contributed by atoms with van der Waals surface area (Å²) >= 11 is 3.46. The molecule has 1 N–H and O–H groups in total. The van der Waals surface area contributed by atoms with Gasteiger partial charge in [0.05, 0.1) is 15.7 Å². The van der Waals surface area contributed by atoms with Gasteiger partial charge in [-0.3, -0.25) is 14.8 Å².